The largest absolute Gasteiger partial charge is 0.0845 e. The molecule has 3 rings (SSSR count). The van der Waals surface area contributed by atoms with Crippen LogP contribution < -0.4 is 0 Å². The van der Waals surface area contributed by atoms with Gasteiger partial charge in [0.05, 0.1) is 0 Å². The van der Waals surface area contributed by atoms with Gasteiger partial charge in [-0.25, -0.2) is 0 Å². The lowest BCUT2D eigenvalue weighted by molar-refractivity contribution is 0.563. The van der Waals surface area contributed by atoms with E-state index in [4.69, 9.17) is 0 Å². The zero-order chi connectivity index (χ0) is 10.5. The van der Waals surface area contributed by atoms with Crippen LogP contribution in [0, 0.1) is 19.8 Å². The zero-order valence-corrected chi connectivity index (χ0v) is 9.59. The second-order valence-electron chi connectivity index (χ2n) is 5.34. The summed E-state index contributed by atoms with van der Waals surface area (Å²) >= 11 is 0. The fourth-order valence-corrected chi connectivity index (χ4v) is 3.46. The Labute approximate surface area is 92.0 Å². The molecule has 0 heterocycles. The molecule has 1 saturated carbocycles. The van der Waals surface area contributed by atoms with Gasteiger partial charge in [-0.3, -0.25) is 0 Å². The first-order valence-corrected chi connectivity index (χ1v) is 5.97. The van der Waals surface area contributed by atoms with Crippen molar-refractivity contribution in [1.29, 1.82) is 0 Å². The van der Waals surface area contributed by atoms with E-state index in [9.17, 15) is 0 Å². The second-order valence-corrected chi connectivity index (χ2v) is 5.34. The van der Waals surface area contributed by atoms with Crippen LogP contribution in [0.25, 0.3) is 0 Å². The van der Waals surface area contributed by atoms with Crippen LogP contribution in [0.5, 0.6) is 0 Å². The van der Waals surface area contributed by atoms with E-state index in [2.05, 4.69) is 44.2 Å². The standard InChI is InChI=1S/C15H18/c1-11-3-4-14(12(2)9-11)15-7-5-13(10-15)6-8-15/h3-5,7,9,13H,6,8,10H2,1-2H3. The van der Waals surface area contributed by atoms with Crippen molar-refractivity contribution >= 4 is 0 Å². The van der Waals surface area contributed by atoms with E-state index < -0.39 is 0 Å². The number of aryl methyl sites for hydroxylation is 2. The first-order valence-electron chi connectivity index (χ1n) is 5.97. The van der Waals surface area contributed by atoms with Crippen molar-refractivity contribution in [3.63, 3.8) is 0 Å². The minimum Gasteiger partial charge on any atom is -0.0845 e. The van der Waals surface area contributed by atoms with Gasteiger partial charge in [0.1, 0.15) is 0 Å². The third kappa shape index (κ3) is 1.27. The van der Waals surface area contributed by atoms with Crippen molar-refractivity contribution < 1.29 is 0 Å². The maximum Gasteiger partial charge on any atom is 0.0140 e. The molecule has 0 saturated heterocycles. The average Bonchev–Trinajstić information content (AvgIpc) is 2.77. The van der Waals surface area contributed by atoms with Gasteiger partial charge < -0.3 is 0 Å². The quantitative estimate of drug-likeness (QED) is 0.600. The zero-order valence-electron chi connectivity index (χ0n) is 9.59. The van der Waals surface area contributed by atoms with Gasteiger partial charge in [0.15, 0.2) is 0 Å². The molecule has 0 heteroatoms. The first-order chi connectivity index (χ1) is 7.20. The maximum absolute atomic E-state index is 2.47. The van der Waals surface area contributed by atoms with E-state index >= 15 is 0 Å². The minimum absolute atomic E-state index is 0.405. The number of hydrogen-bond acceptors (Lipinski definition) is 0. The smallest absolute Gasteiger partial charge is 0.0140 e. The Morgan fingerprint density at radius 2 is 2.13 bits per heavy atom. The van der Waals surface area contributed by atoms with Crippen molar-refractivity contribution in [3.8, 4) is 0 Å². The molecule has 15 heavy (non-hydrogen) atoms. The second kappa shape index (κ2) is 2.98. The molecule has 78 valence electrons. The minimum atomic E-state index is 0.405. The summed E-state index contributed by atoms with van der Waals surface area (Å²) in [7, 11) is 0. The molecule has 2 aliphatic carbocycles. The van der Waals surface area contributed by atoms with Gasteiger partial charge in [0.25, 0.3) is 0 Å². The summed E-state index contributed by atoms with van der Waals surface area (Å²) in [5, 5.41) is 0. The lowest BCUT2D eigenvalue weighted by atomic mass is 9.78. The molecule has 0 aliphatic heterocycles. The molecule has 2 aliphatic rings. The molecule has 1 aromatic rings. The maximum atomic E-state index is 2.47. The van der Waals surface area contributed by atoms with Gasteiger partial charge in [-0.2, -0.15) is 0 Å². The predicted octanol–water partition coefficient (Wildman–Crippen LogP) is 3.91. The van der Waals surface area contributed by atoms with E-state index in [0.717, 1.165) is 5.92 Å². The van der Waals surface area contributed by atoms with Gasteiger partial charge >= 0.3 is 0 Å². The average molecular weight is 198 g/mol. The molecule has 0 N–H and O–H groups in total. The molecule has 2 bridgehead atoms. The summed E-state index contributed by atoms with van der Waals surface area (Å²) in [6.45, 7) is 4.44. The molecular formula is C15H18. The van der Waals surface area contributed by atoms with Crippen molar-refractivity contribution in [2.45, 2.75) is 38.5 Å². The van der Waals surface area contributed by atoms with Crippen LogP contribution in [0.15, 0.2) is 30.4 Å². The van der Waals surface area contributed by atoms with E-state index in [0.29, 0.717) is 5.41 Å². The Morgan fingerprint density at radius 3 is 2.67 bits per heavy atom. The van der Waals surface area contributed by atoms with Crippen molar-refractivity contribution in [2.24, 2.45) is 5.92 Å². The summed E-state index contributed by atoms with van der Waals surface area (Å²) < 4.78 is 0. The lowest BCUT2D eigenvalue weighted by Crippen LogP contribution is -2.18. The molecule has 1 aromatic carbocycles. The first kappa shape index (κ1) is 9.21. The molecular weight excluding hydrogens is 180 g/mol. The lowest BCUT2D eigenvalue weighted by Gasteiger charge is -2.26. The summed E-state index contributed by atoms with van der Waals surface area (Å²) in [5.74, 6) is 0.866. The van der Waals surface area contributed by atoms with E-state index in [1.54, 1.807) is 5.56 Å². The number of allylic oxidation sites excluding steroid dienone is 2. The van der Waals surface area contributed by atoms with Crippen molar-refractivity contribution in [2.75, 3.05) is 0 Å². The Morgan fingerprint density at radius 1 is 1.27 bits per heavy atom. The Hall–Kier alpha value is -1.04. The highest BCUT2D eigenvalue weighted by molar-refractivity contribution is 5.43. The van der Waals surface area contributed by atoms with Crippen LogP contribution in [0.2, 0.25) is 0 Å². The Kier molecular flexibility index (Phi) is 1.83. The normalized spacial score (nSPS) is 32.5. The third-order valence-corrected chi connectivity index (χ3v) is 4.19. The van der Waals surface area contributed by atoms with Crippen LogP contribution in [-0.2, 0) is 5.41 Å². The molecule has 1 fully saturated rings. The van der Waals surface area contributed by atoms with Crippen molar-refractivity contribution in [3.05, 3.63) is 47.0 Å². The molecule has 0 aromatic heterocycles. The molecule has 0 nitrogen and oxygen atoms in total. The predicted molar refractivity (Wildman–Crippen MR) is 64.1 cm³/mol. The van der Waals surface area contributed by atoms with Gasteiger partial charge in [-0.05, 0) is 50.2 Å². The summed E-state index contributed by atoms with van der Waals surface area (Å²) in [6, 6.07) is 6.93. The van der Waals surface area contributed by atoms with Crippen molar-refractivity contribution in [1.82, 2.24) is 0 Å². The summed E-state index contributed by atoms with van der Waals surface area (Å²) in [6.07, 6.45) is 9.01. The van der Waals surface area contributed by atoms with Gasteiger partial charge in [-0.1, -0.05) is 35.9 Å². The van der Waals surface area contributed by atoms with Crippen LogP contribution in [0.1, 0.15) is 36.0 Å². The van der Waals surface area contributed by atoms with Gasteiger partial charge in [0.2, 0.25) is 0 Å². The number of rotatable bonds is 1. The Bertz CT molecular complexity index is 428. The van der Waals surface area contributed by atoms with E-state index in [1.807, 2.05) is 0 Å². The molecule has 0 spiro atoms. The van der Waals surface area contributed by atoms with Gasteiger partial charge in [-0.15, -0.1) is 0 Å². The van der Waals surface area contributed by atoms with Gasteiger partial charge in [0, 0.05) is 5.41 Å². The van der Waals surface area contributed by atoms with Crippen LogP contribution in [0.3, 0.4) is 0 Å². The van der Waals surface area contributed by atoms with Crippen LogP contribution in [-0.4, -0.2) is 0 Å². The van der Waals surface area contributed by atoms with Crippen LogP contribution >= 0.6 is 0 Å². The fraction of sp³-hybridized carbons (Fsp3) is 0.467. The number of fused-ring (bicyclic) bond motifs is 2. The highest BCUT2D eigenvalue weighted by Crippen LogP contribution is 2.51. The SMILES string of the molecule is Cc1ccc(C23C=CC(CC2)C3)c(C)c1. The van der Waals surface area contributed by atoms with Crippen LogP contribution in [0.4, 0.5) is 0 Å². The topological polar surface area (TPSA) is 0 Å². The summed E-state index contributed by atoms with van der Waals surface area (Å²) in [4.78, 5) is 0. The number of hydrogen-bond donors (Lipinski definition) is 0. The molecule has 0 amide bonds. The highest BCUT2D eigenvalue weighted by atomic mass is 14.5. The van der Waals surface area contributed by atoms with E-state index in [1.165, 1.54) is 30.4 Å². The molecule has 0 radical (unpaired) electrons. The number of benzene rings is 1. The monoisotopic (exact) mass is 198 g/mol. The molecule has 2 atom stereocenters. The highest BCUT2D eigenvalue weighted by Gasteiger charge is 2.42. The molecule has 2 unspecified atom stereocenters. The fourth-order valence-electron chi connectivity index (χ4n) is 3.46. The Balaban J connectivity index is 2.09. The third-order valence-electron chi connectivity index (χ3n) is 4.19. The van der Waals surface area contributed by atoms with E-state index in [-0.39, 0.29) is 0 Å². The summed E-state index contributed by atoms with van der Waals surface area (Å²) in [5.41, 5.74) is 4.83.